The predicted molar refractivity (Wildman–Crippen MR) is 79.4 cm³/mol. The summed E-state index contributed by atoms with van der Waals surface area (Å²) in [5.74, 6) is 5.35. The highest BCUT2D eigenvalue weighted by atomic mass is 32.2. The minimum atomic E-state index is -3.64. The van der Waals surface area contributed by atoms with Crippen molar-refractivity contribution in [3.05, 3.63) is 60.2 Å². The first-order valence-electron chi connectivity index (χ1n) is 6.17. The van der Waals surface area contributed by atoms with Crippen molar-refractivity contribution < 1.29 is 8.42 Å². The topological polar surface area (TPSA) is 84.2 Å². The number of sulfonamides is 1. The van der Waals surface area contributed by atoms with Crippen molar-refractivity contribution in [3.8, 4) is 0 Å². The molecular formula is C14H17N3O2S. The largest absolute Gasteiger partial charge is 0.323 e. The van der Waals surface area contributed by atoms with Gasteiger partial charge in [0.25, 0.3) is 0 Å². The third kappa shape index (κ3) is 3.16. The third-order valence-corrected chi connectivity index (χ3v) is 4.56. The minimum absolute atomic E-state index is 0.130. The summed E-state index contributed by atoms with van der Waals surface area (Å²) in [5, 5.41) is 0. The van der Waals surface area contributed by atoms with Gasteiger partial charge in [-0.25, -0.2) is 13.1 Å². The fourth-order valence-electron chi connectivity index (χ4n) is 1.93. The fourth-order valence-corrected chi connectivity index (χ4v) is 3.33. The van der Waals surface area contributed by atoms with Crippen molar-refractivity contribution in [3.63, 3.8) is 0 Å². The fraction of sp³-hybridized carbons (Fsp3) is 0.143. The third-order valence-electron chi connectivity index (χ3n) is 2.96. The monoisotopic (exact) mass is 291 g/mol. The van der Waals surface area contributed by atoms with Crippen molar-refractivity contribution in [2.75, 3.05) is 5.43 Å². The number of nitrogen functional groups attached to an aromatic ring is 1. The van der Waals surface area contributed by atoms with Crippen LogP contribution in [0.1, 0.15) is 18.5 Å². The summed E-state index contributed by atoms with van der Waals surface area (Å²) in [6, 6.07) is 15.5. The summed E-state index contributed by atoms with van der Waals surface area (Å²) >= 11 is 0. The Labute approximate surface area is 118 Å². The van der Waals surface area contributed by atoms with Gasteiger partial charge in [-0.3, -0.25) is 5.84 Å². The van der Waals surface area contributed by atoms with Crippen LogP contribution in [0.3, 0.4) is 0 Å². The molecule has 0 saturated heterocycles. The van der Waals surface area contributed by atoms with Gasteiger partial charge in [0, 0.05) is 6.04 Å². The number of rotatable bonds is 5. The Balaban J connectivity index is 2.28. The van der Waals surface area contributed by atoms with Gasteiger partial charge in [-0.2, -0.15) is 0 Å². The number of nitrogens with one attached hydrogen (secondary N) is 2. The molecule has 0 aliphatic rings. The van der Waals surface area contributed by atoms with Gasteiger partial charge >= 0.3 is 0 Å². The van der Waals surface area contributed by atoms with Gasteiger partial charge in [-0.1, -0.05) is 42.5 Å². The first-order valence-corrected chi connectivity index (χ1v) is 7.66. The summed E-state index contributed by atoms with van der Waals surface area (Å²) in [4.78, 5) is 0.130. The number of hydrazine groups is 1. The Bertz CT molecular complexity index is 672. The van der Waals surface area contributed by atoms with E-state index in [1.54, 1.807) is 25.1 Å². The summed E-state index contributed by atoms with van der Waals surface area (Å²) < 4.78 is 27.4. The molecule has 2 aromatic carbocycles. The average Bonchev–Trinajstić information content (AvgIpc) is 2.47. The highest BCUT2D eigenvalue weighted by Crippen LogP contribution is 2.22. The number of hydrogen-bond donors (Lipinski definition) is 3. The number of nitrogens with two attached hydrogens (primary N) is 1. The number of hydrogen-bond acceptors (Lipinski definition) is 4. The Morgan fingerprint density at radius 2 is 1.60 bits per heavy atom. The second kappa shape index (κ2) is 6.04. The quantitative estimate of drug-likeness (QED) is 0.581. The smallest absolute Gasteiger partial charge is 0.243 e. The zero-order valence-corrected chi connectivity index (χ0v) is 11.9. The van der Waals surface area contributed by atoms with Gasteiger partial charge in [0.05, 0.1) is 5.69 Å². The number of anilines is 1. The Kier molecular flexibility index (Phi) is 4.39. The van der Waals surface area contributed by atoms with Gasteiger partial charge in [-0.15, -0.1) is 0 Å². The lowest BCUT2D eigenvalue weighted by Crippen LogP contribution is -2.28. The molecule has 2 rings (SSSR count). The summed E-state index contributed by atoms with van der Waals surface area (Å²) in [7, 11) is -3.64. The van der Waals surface area contributed by atoms with E-state index < -0.39 is 10.0 Å². The van der Waals surface area contributed by atoms with E-state index in [-0.39, 0.29) is 10.9 Å². The van der Waals surface area contributed by atoms with E-state index in [1.807, 2.05) is 30.3 Å². The van der Waals surface area contributed by atoms with Gasteiger partial charge < -0.3 is 5.43 Å². The van der Waals surface area contributed by atoms with Gasteiger partial charge in [0.2, 0.25) is 10.0 Å². The van der Waals surface area contributed by atoms with E-state index in [0.29, 0.717) is 5.69 Å². The highest BCUT2D eigenvalue weighted by molar-refractivity contribution is 7.89. The first kappa shape index (κ1) is 14.5. The van der Waals surface area contributed by atoms with Crippen molar-refractivity contribution in [1.82, 2.24) is 4.72 Å². The molecule has 20 heavy (non-hydrogen) atoms. The average molecular weight is 291 g/mol. The van der Waals surface area contributed by atoms with E-state index in [1.165, 1.54) is 6.07 Å². The molecule has 0 aliphatic heterocycles. The summed E-state index contributed by atoms with van der Waals surface area (Å²) in [6.07, 6.45) is 0. The molecule has 5 nitrogen and oxygen atoms in total. The van der Waals surface area contributed by atoms with Crippen LogP contribution in [0.15, 0.2) is 59.5 Å². The summed E-state index contributed by atoms with van der Waals surface area (Å²) in [5.41, 5.74) is 3.65. The van der Waals surface area contributed by atoms with Crippen LogP contribution in [0, 0.1) is 0 Å². The molecule has 0 bridgehead atoms. The van der Waals surface area contributed by atoms with Crippen LogP contribution in [0.2, 0.25) is 0 Å². The molecule has 0 aromatic heterocycles. The molecule has 106 valence electrons. The highest BCUT2D eigenvalue weighted by Gasteiger charge is 2.20. The molecule has 0 fully saturated rings. The zero-order valence-electron chi connectivity index (χ0n) is 11.1. The minimum Gasteiger partial charge on any atom is -0.323 e. The second-order valence-corrected chi connectivity index (χ2v) is 6.08. The van der Waals surface area contributed by atoms with Gasteiger partial charge in [-0.05, 0) is 24.6 Å². The van der Waals surface area contributed by atoms with Crippen molar-refractivity contribution in [1.29, 1.82) is 0 Å². The molecule has 1 atom stereocenters. The van der Waals surface area contributed by atoms with Crippen LogP contribution >= 0.6 is 0 Å². The lowest BCUT2D eigenvalue weighted by Gasteiger charge is -2.16. The Morgan fingerprint density at radius 3 is 2.25 bits per heavy atom. The Hall–Kier alpha value is -1.89. The van der Waals surface area contributed by atoms with E-state index in [0.717, 1.165) is 5.56 Å². The first-order chi connectivity index (χ1) is 9.54. The van der Waals surface area contributed by atoms with E-state index in [9.17, 15) is 8.42 Å². The number of benzene rings is 2. The lowest BCUT2D eigenvalue weighted by molar-refractivity contribution is 0.567. The zero-order chi connectivity index (χ0) is 14.6. The van der Waals surface area contributed by atoms with Crippen molar-refractivity contribution in [2.24, 2.45) is 5.84 Å². The van der Waals surface area contributed by atoms with Crippen molar-refractivity contribution in [2.45, 2.75) is 17.9 Å². The van der Waals surface area contributed by atoms with Crippen LogP contribution < -0.4 is 16.0 Å². The van der Waals surface area contributed by atoms with Crippen LogP contribution in [-0.4, -0.2) is 8.42 Å². The second-order valence-electron chi connectivity index (χ2n) is 4.39. The normalized spacial score (nSPS) is 12.9. The molecule has 0 spiro atoms. The molecule has 0 aliphatic carbocycles. The van der Waals surface area contributed by atoms with Crippen LogP contribution in [0.25, 0.3) is 0 Å². The SMILES string of the molecule is CC(NS(=O)(=O)c1ccccc1NN)c1ccccc1. The standard InChI is InChI=1S/C14H17N3O2S/c1-11(12-7-3-2-4-8-12)17-20(18,19)14-10-6-5-9-13(14)16-15/h2-11,16-17H,15H2,1H3. The maximum atomic E-state index is 12.4. The molecule has 0 radical (unpaired) electrons. The van der Waals surface area contributed by atoms with Gasteiger partial charge in [0.15, 0.2) is 0 Å². The van der Waals surface area contributed by atoms with Crippen molar-refractivity contribution >= 4 is 15.7 Å². The van der Waals surface area contributed by atoms with Gasteiger partial charge in [0.1, 0.15) is 4.90 Å². The molecule has 1 unspecified atom stereocenters. The van der Waals surface area contributed by atoms with Crippen LogP contribution in [0.4, 0.5) is 5.69 Å². The maximum Gasteiger partial charge on any atom is 0.243 e. The van der Waals surface area contributed by atoms with Crippen LogP contribution in [0.5, 0.6) is 0 Å². The summed E-state index contributed by atoms with van der Waals surface area (Å²) in [6.45, 7) is 1.80. The predicted octanol–water partition coefficient (Wildman–Crippen LogP) is 2.01. The molecule has 0 heterocycles. The van der Waals surface area contributed by atoms with E-state index in [2.05, 4.69) is 10.1 Å². The number of para-hydroxylation sites is 1. The molecular weight excluding hydrogens is 274 g/mol. The maximum absolute atomic E-state index is 12.4. The lowest BCUT2D eigenvalue weighted by atomic mass is 10.1. The van der Waals surface area contributed by atoms with E-state index >= 15 is 0 Å². The van der Waals surface area contributed by atoms with Crippen LogP contribution in [-0.2, 0) is 10.0 Å². The van der Waals surface area contributed by atoms with E-state index in [4.69, 9.17) is 5.84 Å². The molecule has 0 amide bonds. The molecule has 4 N–H and O–H groups in total. The molecule has 0 saturated carbocycles. The Morgan fingerprint density at radius 1 is 1.00 bits per heavy atom. The molecule has 2 aromatic rings. The molecule has 6 heteroatoms.